The maximum atomic E-state index is 11.8. The summed E-state index contributed by atoms with van der Waals surface area (Å²) in [5.74, 6) is 1.29. The Morgan fingerprint density at radius 3 is 2.86 bits per heavy atom. The molecule has 0 bridgehead atoms. The number of ketones is 1. The molecule has 0 saturated carbocycles. The van der Waals surface area contributed by atoms with E-state index in [0.717, 1.165) is 0 Å². The van der Waals surface area contributed by atoms with Crippen LogP contribution in [0.3, 0.4) is 0 Å². The highest BCUT2D eigenvalue weighted by molar-refractivity contribution is 7.99. The number of carbonyl (C=O) groups is 1. The number of hydrogen-bond donors (Lipinski definition) is 1. The van der Waals surface area contributed by atoms with Crippen LogP contribution in [0.5, 0.6) is 5.75 Å². The van der Waals surface area contributed by atoms with E-state index < -0.39 is 0 Å². The number of nitrogens with one attached hydrogen (secondary N) is 1. The van der Waals surface area contributed by atoms with Crippen molar-refractivity contribution >= 4 is 17.5 Å². The Kier molecular flexibility index (Phi) is 5.77. The fraction of sp³-hybridized carbons (Fsp3) is 0.312. The molecule has 1 heterocycles. The zero-order valence-electron chi connectivity index (χ0n) is 12.6. The Hall–Kier alpha value is -2.08. The third kappa shape index (κ3) is 4.46. The maximum Gasteiger partial charge on any atom is 0.251 e. The number of nitrogens with zero attached hydrogens (tertiary/aromatic N) is 1. The smallest absolute Gasteiger partial charge is 0.251 e. The molecule has 5 nitrogen and oxygen atoms in total. The summed E-state index contributed by atoms with van der Waals surface area (Å²) < 4.78 is 5.68. The van der Waals surface area contributed by atoms with Crippen LogP contribution < -0.4 is 10.3 Å². The number of thioether (sulfide) groups is 1. The van der Waals surface area contributed by atoms with Crippen molar-refractivity contribution in [3.05, 3.63) is 51.9 Å². The van der Waals surface area contributed by atoms with Gasteiger partial charge < -0.3 is 9.72 Å². The molecule has 1 aromatic heterocycles. The van der Waals surface area contributed by atoms with E-state index in [-0.39, 0.29) is 11.3 Å². The molecule has 2 aromatic rings. The van der Waals surface area contributed by atoms with Gasteiger partial charge in [0.05, 0.1) is 12.2 Å². The van der Waals surface area contributed by atoms with Gasteiger partial charge in [0.2, 0.25) is 0 Å². The normalized spacial score (nSPS) is 10.5. The maximum absolute atomic E-state index is 11.8. The Balaban J connectivity index is 1.92. The Morgan fingerprint density at radius 2 is 2.14 bits per heavy atom. The number of aromatic nitrogens is 2. The minimum absolute atomic E-state index is 0.0629. The second-order valence-corrected chi connectivity index (χ2v) is 5.75. The average molecular weight is 318 g/mol. The standard InChI is InChI=1S/C16H18N2O3S/c1-3-13(19)12-6-4-5-7-14(12)21-8-9-22-16-17-11(2)10-15(20)18-16/h4-7,10H,3,8-9H2,1-2H3,(H,17,18,20). The van der Waals surface area contributed by atoms with Crippen molar-refractivity contribution < 1.29 is 9.53 Å². The number of aromatic amines is 1. The van der Waals surface area contributed by atoms with E-state index >= 15 is 0 Å². The Morgan fingerprint density at radius 1 is 1.36 bits per heavy atom. The van der Waals surface area contributed by atoms with Crippen molar-refractivity contribution in [1.29, 1.82) is 0 Å². The molecule has 116 valence electrons. The number of hydrogen-bond acceptors (Lipinski definition) is 5. The van der Waals surface area contributed by atoms with Gasteiger partial charge in [-0.3, -0.25) is 9.59 Å². The van der Waals surface area contributed by atoms with E-state index in [0.29, 0.717) is 40.9 Å². The lowest BCUT2D eigenvalue weighted by Crippen LogP contribution is -2.10. The SMILES string of the molecule is CCC(=O)c1ccccc1OCCSc1nc(C)cc(=O)[nH]1. The average Bonchev–Trinajstić information content (AvgIpc) is 2.50. The van der Waals surface area contributed by atoms with E-state index in [4.69, 9.17) is 4.74 Å². The molecule has 0 fully saturated rings. The van der Waals surface area contributed by atoms with Crippen molar-refractivity contribution in [3.8, 4) is 5.75 Å². The summed E-state index contributed by atoms with van der Waals surface area (Å²) in [6, 6.07) is 8.68. The molecule has 0 atom stereocenters. The van der Waals surface area contributed by atoms with E-state index in [2.05, 4.69) is 9.97 Å². The zero-order chi connectivity index (χ0) is 15.9. The van der Waals surface area contributed by atoms with E-state index in [1.54, 1.807) is 19.1 Å². The van der Waals surface area contributed by atoms with Crippen molar-refractivity contribution in [2.45, 2.75) is 25.4 Å². The number of aryl methyl sites for hydroxylation is 1. The van der Waals surface area contributed by atoms with Gasteiger partial charge in [0.1, 0.15) is 5.75 Å². The molecular weight excluding hydrogens is 300 g/mol. The van der Waals surface area contributed by atoms with Crippen LogP contribution in [-0.2, 0) is 0 Å². The van der Waals surface area contributed by atoms with Crippen molar-refractivity contribution in [1.82, 2.24) is 9.97 Å². The van der Waals surface area contributed by atoms with E-state index in [1.807, 2.05) is 19.1 Å². The first kappa shape index (κ1) is 16.3. The topological polar surface area (TPSA) is 72.0 Å². The number of ether oxygens (including phenoxy) is 1. The van der Waals surface area contributed by atoms with Crippen molar-refractivity contribution in [3.63, 3.8) is 0 Å². The van der Waals surface area contributed by atoms with Crippen LogP contribution in [0.15, 0.2) is 40.3 Å². The second kappa shape index (κ2) is 7.79. The van der Waals surface area contributed by atoms with Gasteiger partial charge in [0, 0.05) is 23.9 Å². The molecule has 1 aromatic carbocycles. The van der Waals surface area contributed by atoms with Crippen LogP contribution in [0.25, 0.3) is 0 Å². The lowest BCUT2D eigenvalue weighted by atomic mass is 10.1. The molecule has 0 aliphatic rings. The summed E-state index contributed by atoms with van der Waals surface area (Å²) in [4.78, 5) is 30.1. The summed E-state index contributed by atoms with van der Waals surface area (Å²) >= 11 is 1.41. The minimum Gasteiger partial charge on any atom is -0.492 e. The van der Waals surface area contributed by atoms with Crippen LogP contribution in [-0.4, -0.2) is 28.1 Å². The summed E-state index contributed by atoms with van der Waals surface area (Å²) in [5, 5.41) is 0.575. The summed E-state index contributed by atoms with van der Waals surface area (Å²) in [6.07, 6.45) is 0.448. The number of H-pyrrole nitrogens is 1. The first-order chi connectivity index (χ1) is 10.6. The fourth-order valence-corrected chi connectivity index (χ4v) is 2.66. The molecule has 0 aliphatic heterocycles. The number of rotatable bonds is 7. The van der Waals surface area contributed by atoms with E-state index in [9.17, 15) is 9.59 Å². The molecule has 0 unspecified atom stereocenters. The van der Waals surface area contributed by atoms with Crippen LogP contribution in [0.2, 0.25) is 0 Å². The molecule has 1 N–H and O–H groups in total. The molecule has 22 heavy (non-hydrogen) atoms. The van der Waals surface area contributed by atoms with Crippen molar-refractivity contribution in [2.75, 3.05) is 12.4 Å². The van der Waals surface area contributed by atoms with Crippen molar-refractivity contribution in [2.24, 2.45) is 0 Å². The van der Waals surface area contributed by atoms with Crippen LogP contribution >= 0.6 is 11.8 Å². The van der Waals surface area contributed by atoms with Crippen LogP contribution in [0.1, 0.15) is 29.4 Å². The van der Waals surface area contributed by atoms with Gasteiger partial charge in [-0.25, -0.2) is 4.98 Å². The number of carbonyl (C=O) groups excluding carboxylic acids is 1. The van der Waals surface area contributed by atoms with Gasteiger partial charge in [-0.05, 0) is 19.1 Å². The van der Waals surface area contributed by atoms with Gasteiger partial charge in [0.25, 0.3) is 5.56 Å². The Labute approximate surface area is 133 Å². The summed E-state index contributed by atoms with van der Waals surface area (Å²) in [6.45, 7) is 4.04. The van der Waals surface area contributed by atoms with Crippen LogP contribution in [0, 0.1) is 6.92 Å². The lowest BCUT2D eigenvalue weighted by molar-refractivity contribution is 0.0984. The molecule has 2 rings (SSSR count). The Bertz CT molecular complexity index is 713. The molecule has 0 aliphatic carbocycles. The molecule has 0 radical (unpaired) electrons. The molecule has 0 saturated heterocycles. The summed E-state index contributed by atoms with van der Waals surface area (Å²) in [7, 11) is 0. The number of para-hydroxylation sites is 1. The van der Waals surface area contributed by atoms with Gasteiger partial charge >= 0.3 is 0 Å². The highest BCUT2D eigenvalue weighted by Crippen LogP contribution is 2.20. The largest absolute Gasteiger partial charge is 0.492 e. The highest BCUT2D eigenvalue weighted by atomic mass is 32.2. The van der Waals surface area contributed by atoms with Gasteiger partial charge in [-0.1, -0.05) is 30.8 Å². The quantitative estimate of drug-likeness (QED) is 0.368. The minimum atomic E-state index is -0.158. The second-order valence-electron chi connectivity index (χ2n) is 4.66. The van der Waals surface area contributed by atoms with Crippen LogP contribution in [0.4, 0.5) is 0 Å². The molecule has 0 spiro atoms. The molecule has 6 heteroatoms. The highest BCUT2D eigenvalue weighted by Gasteiger charge is 2.09. The molecular formula is C16H18N2O3S. The predicted octanol–water partition coefficient (Wildman–Crippen LogP) is 2.84. The zero-order valence-corrected chi connectivity index (χ0v) is 13.4. The predicted molar refractivity (Wildman–Crippen MR) is 86.9 cm³/mol. The van der Waals surface area contributed by atoms with Gasteiger partial charge in [0.15, 0.2) is 10.9 Å². The van der Waals surface area contributed by atoms with E-state index in [1.165, 1.54) is 17.8 Å². The summed E-state index contributed by atoms with van der Waals surface area (Å²) in [5.41, 5.74) is 1.14. The number of benzene rings is 1. The fourth-order valence-electron chi connectivity index (χ4n) is 1.92. The first-order valence-electron chi connectivity index (χ1n) is 7.06. The third-order valence-electron chi connectivity index (χ3n) is 2.94. The third-order valence-corrected chi connectivity index (χ3v) is 3.77. The van der Waals surface area contributed by atoms with Gasteiger partial charge in [-0.15, -0.1) is 0 Å². The monoisotopic (exact) mass is 318 g/mol. The number of Topliss-reactive ketones (excluding diaryl/α,β-unsaturated/α-hetero) is 1. The molecule has 0 amide bonds. The first-order valence-corrected chi connectivity index (χ1v) is 8.04. The lowest BCUT2D eigenvalue weighted by Gasteiger charge is -2.09. The van der Waals surface area contributed by atoms with Gasteiger partial charge in [-0.2, -0.15) is 0 Å².